The van der Waals surface area contributed by atoms with Gasteiger partial charge in [-0.3, -0.25) is 0 Å². The lowest BCUT2D eigenvalue weighted by molar-refractivity contribution is 0.349. The van der Waals surface area contributed by atoms with E-state index in [1.54, 1.807) is 0 Å². The van der Waals surface area contributed by atoms with Crippen molar-refractivity contribution in [2.24, 2.45) is 0 Å². The second-order valence-corrected chi connectivity index (χ2v) is 4.22. The lowest BCUT2D eigenvalue weighted by Gasteiger charge is -2.12. The van der Waals surface area contributed by atoms with Gasteiger partial charge in [0.25, 0.3) is 0 Å². The van der Waals surface area contributed by atoms with Crippen LogP contribution in [0.2, 0.25) is 0 Å². The highest BCUT2D eigenvalue weighted by Gasteiger charge is 2.14. The van der Waals surface area contributed by atoms with Crippen LogP contribution < -0.4 is 5.32 Å². The third-order valence-corrected chi connectivity index (χ3v) is 2.94. The molecule has 2 unspecified atom stereocenters. The van der Waals surface area contributed by atoms with E-state index in [0.29, 0.717) is 12.0 Å². The number of hydrogen-bond donors (Lipinski definition) is 1. The molecule has 0 amide bonds. The van der Waals surface area contributed by atoms with Gasteiger partial charge in [0, 0.05) is 18.4 Å². The van der Waals surface area contributed by atoms with Gasteiger partial charge in [0.15, 0.2) is 5.82 Å². The predicted octanol–water partition coefficient (Wildman–Crippen LogP) is 2.51. The minimum atomic E-state index is 0.386. The minimum Gasteiger partial charge on any atom is -0.339 e. The first-order valence-electron chi connectivity index (χ1n) is 6.27. The van der Waals surface area contributed by atoms with Crippen LogP contribution in [0.3, 0.4) is 0 Å². The van der Waals surface area contributed by atoms with E-state index < -0.39 is 0 Å². The summed E-state index contributed by atoms with van der Waals surface area (Å²) in [4.78, 5) is 4.43. The highest BCUT2D eigenvalue weighted by Crippen LogP contribution is 2.15. The molecule has 2 atom stereocenters. The SMILES string of the molecule is CCNC(CC)Cc1nc(C(C)CC)no1. The Balaban J connectivity index is 2.56. The van der Waals surface area contributed by atoms with Gasteiger partial charge in [0.2, 0.25) is 5.89 Å². The Labute approximate surface area is 97.8 Å². The van der Waals surface area contributed by atoms with Crippen molar-refractivity contribution in [1.82, 2.24) is 15.5 Å². The van der Waals surface area contributed by atoms with Crippen molar-refractivity contribution in [1.29, 1.82) is 0 Å². The number of likely N-dealkylation sites (N-methyl/N-ethyl adjacent to an activating group) is 1. The Morgan fingerprint density at radius 2 is 2.00 bits per heavy atom. The minimum absolute atomic E-state index is 0.386. The monoisotopic (exact) mass is 225 g/mol. The Morgan fingerprint density at radius 1 is 1.25 bits per heavy atom. The summed E-state index contributed by atoms with van der Waals surface area (Å²) >= 11 is 0. The molecule has 0 bridgehead atoms. The first-order chi connectivity index (χ1) is 7.71. The van der Waals surface area contributed by atoms with Crippen LogP contribution in [-0.4, -0.2) is 22.7 Å². The van der Waals surface area contributed by atoms with E-state index >= 15 is 0 Å². The van der Waals surface area contributed by atoms with Crippen molar-refractivity contribution in [3.8, 4) is 0 Å². The van der Waals surface area contributed by atoms with Crippen LogP contribution in [0, 0.1) is 0 Å². The molecule has 1 N–H and O–H groups in total. The van der Waals surface area contributed by atoms with E-state index in [1.165, 1.54) is 0 Å². The maximum absolute atomic E-state index is 5.27. The fourth-order valence-corrected chi connectivity index (χ4v) is 1.59. The topological polar surface area (TPSA) is 51.0 Å². The van der Waals surface area contributed by atoms with Gasteiger partial charge in [-0.1, -0.05) is 32.9 Å². The van der Waals surface area contributed by atoms with Crippen LogP contribution in [0.25, 0.3) is 0 Å². The maximum atomic E-state index is 5.27. The molecule has 4 nitrogen and oxygen atoms in total. The molecule has 1 rings (SSSR count). The molecule has 0 aliphatic rings. The van der Waals surface area contributed by atoms with Crippen LogP contribution in [0.15, 0.2) is 4.52 Å². The number of rotatable bonds is 7. The molecule has 4 heteroatoms. The summed E-state index contributed by atoms with van der Waals surface area (Å²) < 4.78 is 5.27. The quantitative estimate of drug-likeness (QED) is 0.774. The lowest BCUT2D eigenvalue weighted by Crippen LogP contribution is -2.30. The summed E-state index contributed by atoms with van der Waals surface area (Å²) in [6.45, 7) is 9.51. The number of nitrogens with zero attached hydrogens (tertiary/aromatic N) is 2. The maximum Gasteiger partial charge on any atom is 0.228 e. The predicted molar refractivity (Wildman–Crippen MR) is 64.5 cm³/mol. The third-order valence-electron chi connectivity index (χ3n) is 2.94. The molecule has 0 spiro atoms. The molecule has 0 fully saturated rings. The first-order valence-corrected chi connectivity index (χ1v) is 6.27. The van der Waals surface area contributed by atoms with Crippen molar-refractivity contribution >= 4 is 0 Å². The Kier molecular flexibility index (Phi) is 5.46. The van der Waals surface area contributed by atoms with E-state index in [4.69, 9.17) is 4.52 Å². The summed E-state index contributed by atoms with van der Waals surface area (Å²) in [7, 11) is 0. The van der Waals surface area contributed by atoms with E-state index in [-0.39, 0.29) is 0 Å². The second kappa shape index (κ2) is 6.63. The fraction of sp³-hybridized carbons (Fsp3) is 0.833. The van der Waals surface area contributed by atoms with Crippen molar-refractivity contribution in [3.63, 3.8) is 0 Å². The standard InChI is InChI=1S/C12H23N3O/c1-5-9(4)12-14-11(16-15-12)8-10(6-2)13-7-3/h9-10,13H,5-8H2,1-4H3. The van der Waals surface area contributed by atoms with Gasteiger partial charge in [0.05, 0.1) is 0 Å². The van der Waals surface area contributed by atoms with E-state index in [1.807, 2.05) is 0 Å². The summed E-state index contributed by atoms with van der Waals surface area (Å²) in [6, 6.07) is 0.440. The molecule has 0 aliphatic carbocycles. The van der Waals surface area contributed by atoms with Crippen molar-refractivity contribution in [3.05, 3.63) is 11.7 Å². The fourth-order valence-electron chi connectivity index (χ4n) is 1.59. The molecule has 0 aromatic carbocycles. The van der Waals surface area contributed by atoms with E-state index in [2.05, 4.69) is 43.2 Å². The van der Waals surface area contributed by atoms with Crippen LogP contribution >= 0.6 is 0 Å². The molecule has 16 heavy (non-hydrogen) atoms. The molecular formula is C12H23N3O. The molecule has 0 aliphatic heterocycles. The molecule has 0 saturated carbocycles. The van der Waals surface area contributed by atoms with Gasteiger partial charge < -0.3 is 9.84 Å². The molecular weight excluding hydrogens is 202 g/mol. The highest BCUT2D eigenvalue weighted by atomic mass is 16.5. The number of hydrogen-bond acceptors (Lipinski definition) is 4. The zero-order valence-electron chi connectivity index (χ0n) is 10.8. The van der Waals surface area contributed by atoms with Gasteiger partial charge >= 0.3 is 0 Å². The smallest absolute Gasteiger partial charge is 0.228 e. The first kappa shape index (κ1) is 13.2. The average Bonchev–Trinajstić information content (AvgIpc) is 2.76. The summed E-state index contributed by atoms with van der Waals surface area (Å²) in [5.74, 6) is 1.98. The van der Waals surface area contributed by atoms with Crippen molar-refractivity contribution in [2.75, 3.05) is 6.54 Å². The van der Waals surface area contributed by atoms with Crippen LogP contribution in [0.1, 0.15) is 58.2 Å². The lowest BCUT2D eigenvalue weighted by atomic mass is 10.1. The van der Waals surface area contributed by atoms with Crippen LogP contribution in [-0.2, 0) is 6.42 Å². The van der Waals surface area contributed by atoms with Crippen LogP contribution in [0.4, 0.5) is 0 Å². The molecule has 0 saturated heterocycles. The number of nitrogens with one attached hydrogen (secondary N) is 1. The largest absolute Gasteiger partial charge is 0.339 e. The van der Waals surface area contributed by atoms with Gasteiger partial charge in [-0.05, 0) is 19.4 Å². The molecule has 0 radical (unpaired) electrons. The molecule has 1 heterocycles. The summed E-state index contributed by atoms with van der Waals surface area (Å²) in [5, 5.41) is 7.43. The number of aromatic nitrogens is 2. The Morgan fingerprint density at radius 3 is 2.56 bits per heavy atom. The average molecular weight is 225 g/mol. The van der Waals surface area contributed by atoms with Crippen molar-refractivity contribution < 1.29 is 4.52 Å². The van der Waals surface area contributed by atoms with E-state index in [9.17, 15) is 0 Å². The summed E-state index contributed by atoms with van der Waals surface area (Å²) in [5.41, 5.74) is 0. The van der Waals surface area contributed by atoms with E-state index in [0.717, 1.165) is 37.5 Å². The highest BCUT2D eigenvalue weighted by molar-refractivity contribution is 4.94. The van der Waals surface area contributed by atoms with Gasteiger partial charge in [-0.2, -0.15) is 4.98 Å². The van der Waals surface area contributed by atoms with Gasteiger partial charge in [0.1, 0.15) is 0 Å². The van der Waals surface area contributed by atoms with Gasteiger partial charge in [-0.15, -0.1) is 0 Å². The molecule has 1 aromatic rings. The summed E-state index contributed by atoms with van der Waals surface area (Å²) in [6.07, 6.45) is 2.95. The zero-order valence-corrected chi connectivity index (χ0v) is 10.8. The van der Waals surface area contributed by atoms with Crippen molar-refractivity contribution in [2.45, 2.75) is 58.9 Å². The zero-order chi connectivity index (χ0) is 12.0. The molecule has 1 aromatic heterocycles. The molecule has 92 valence electrons. The normalized spacial score (nSPS) is 15.0. The van der Waals surface area contributed by atoms with Gasteiger partial charge in [-0.25, -0.2) is 0 Å². The third kappa shape index (κ3) is 3.59. The Bertz CT molecular complexity index is 298. The Hall–Kier alpha value is -0.900. The second-order valence-electron chi connectivity index (χ2n) is 4.22. The van der Waals surface area contributed by atoms with Crippen LogP contribution in [0.5, 0.6) is 0 Å².